The van der Waals surface area contributed by atoms with Crippen molar-refractivity contribution >= 4 is 6.09 Å². The highest BCUT2D eigenvalue weighted by atomic mass is 19.1. The predicted octanol–water partition coefficient (Wildman–Crippen LogP) is 5.01. The van der Waals surface area contributed by atoms with E-state index in [-0.39, 0.29) is 29.8 Å². The van der Waals surface area contributed by atoms with E-state index in [2.05, 4.69) is 21.2 Å². The molecule has 6 nitrogen and oxygen atoms in total. The zero-order chi connectivity index (χ0) is 27.4. The molecule has 1 saturated heterocycles. The molecule has 0 spiro atoms. The molecule has 2 heterocycles. The minimum absolute atomic E-state index is 0.0453. The number of amides is 1. The lowest BCUT2D eigenvalue weighted by Gasteiger charge is -2.40. The van der Waals surface area contributed by atoms with Crippen molar-refractivity contribution in [2.75, 3.05) is 53.4 Å². The molecule has 0 saturated carbocycles. The Kier molecular flexibility index (Phi) is 8.55. The molecule has 3 aromatic carbocycles. The van der Waals surface area contributed by atoms with Gasteiger partial charge in [0.05, 0.1) is 6.04 Å². The van der Waals surface area contributed by atoms with E-state index in [9.17, 15) is 13.6 Å². The molecule has 2 aliphatic rings. The summed E-state index contributed by atoms with van der Waals surface area (Å²) in [5, 5.41) is 3.66. The van der Waals surface area contributed by atoms with Crippen molar-refractivity contribution in [3.8, 4) is 5.75 Å². The van der Waals surface area contributed by atoms with Crippen molar-refractivity contribution in [3.63, 3.8) is 0 Å². The fourth-order valence-electron chi connectivity index (χ4n) is 5.60. The Morgan fingerprint density at radius 3 is 2.15 bits per heavy atom. The van der Waals surface area contributed by atoms with Crippen molar-refractivity contribution in [1.82, 2.24) is 20.0 Å². The van der Waals surface area contributed by atoms with Crippen LogP contribution < -0.4 is 10.1 Å². The molecule has 0 bridgehead atoms. The second kappa shape index (κ2) is 12.2. The van der Waals surface area contributed by atoms with E-state index < -0.39 is 0 Å². The Balaban J connectivity index is 1.20. The second-order valence-corrected chi connectivity index (χ2v) is 10.6. The maximum absolute atomic E-state index is 13.6. The van der Waals surface area contributed by atoms with Gasteiger partial charge in [0.15, 0.2) is 0 Å². The summed E-state index contributed by atoms with van der Waals surface area (Å²) in [6, 6.07) is 19.5. The van der Waals surface area contributed by atoms with E-state index in [0.717, 1.165) is 63.2 Å². The van der Waals surface area contributed by atoms with Crippen molar-refractivity contribution in [2.24, 2.45) is 0 Å². The highest BCUT2D eigenvalue weighted by Crippen LogP contribution is 2.32. The highest BCUT2D eigenvalue weighted by Gasteiger charge is 2.28. The predicted molar refractivity (Wildman–Crippen MR) is 148 cm³/mol. The summed E-state index contributed by atoms with van der Waals surface area (Å²) in [7, 11) is 3.35. The smallest absolute Gasteiger partial charge is 0.410 e. The standard InChI is InChI=1S/C31H36F2N4O2/c1-35(2)31(38)39-27-11-12-28-24(21-27)13-15-34-29(28)14-16-36-17-19-37(20-18-36)30(22-3-7-25(32)8-4-22)23-5-9-26(33)10-6-23/h3-12,21,29-30,34H,13-20H2,1-2H3. The van der Waals surface area contributed by atoms with Gasteiger partial charge in [-0.3, -0.25) is 4.90 Å². The van der Waals surface area contributed by atoms with Gasteiger partial charge in [-0.15, -0.1) is 0 Å². The van der Waals surface area contributed by atoms with Gasteiger partial charge < -0.3 is 19.9 Å². The molecular weight excluding hydrogens is 498 g/mol. The normalized spacial score (nSPS) is 18.1. The van der Waals surface area contributed by atoms with Crippen LogP contribution in [0.3, 0.4) is 0 Å². The van der Waals surface area contributed by atoms with Gasteiger partial charge in [-0.25, -0.2) is 13.6 Å². The third-order valence-corrected chi connectivity index (χ3v) is 7.72. The lowest BCUT2D eigenvalue weighted by molar-refractivity contribution is 0.106. The number of hydrogen-bond donors (Lipinski definition) is 1. The van der Waals surface area contributed by atoms with Crippen LogP contribution in [0.4, 0.5) is 13.6 Å². The quantitative estimate of drug-likeness (QED) is 0.462. The molecule has 8 heteroatoms. The molecule has 206 valence electrons. The zero-order valence-electron chi connectivity index (χ0n) is 22.6. The molecule has 2 aliphatic heterocycles. The number of piperazine rings is 1. The van der Waals surface area contributed by atoms with Crippen molar-refractivity contribution in [1.29, 1.82) is 0 Å². The summed E-state index contributed by atoms with van der Waals surface area (Å²) in [4.78, 5) is 18.2. The first-order valence-electron chi connectivity index (χ1n) is 13.6. The summed E-state index contributed by atoms with van der Waals surface area (Å²) < 4.78 is 32.7. The summed E-state index contributed by atoms with van der Waals surface area (Å²) in [5.41, 5.74) is 4.52. The van der Waals surface area contributed by atoms with Crippen LogP contribution in [0.25, 0.3) is 0 Å². The fourth-order valence-corrected chi connectivity index (χ4v) is 5.60. The SMILES string of the molecule is CN(C)C(=O)Oc1ccc2c(c1)CCNC2CCN1CCN(C(c2ccc(F)cc2)c2ccc(F)cc2)CC1. The maximum Gasteiger partial charge on any atom is 0.414 e. The van der Waals surface area contributed by atoms with Crippen molar-refractivity contribution in [2.45, 2.75) is 24.9 Å². The number of carbonyl (C=O) groups excluding carboxylic acids is 1. The second-order valence-electron chi connectivity index (χ2n) is 10.6. The van der Waals surface area contributed by atoms with Crippen molar-refractivity contribution < 1.29 is 18.3 Å². The Morgan fingerprint density at radius 1 is 0.949 bits per heavy atom. The van der Waals surface area contributed by atoms with Gasteiger partial charge in [0.2, 0.25) is 0 Å². The van der Waals surface area contributed by atoms with E-state index in [4.69, 9.17) is 4.74 Å². The van der Waals surface area contributed by atoms with Crippen LogP contribution in [0, 0.1) is 11.6 Å². The maximum atomic E-state index is 13.6. The van der Waals surface area contributed by atoms with Crippen molar-refractivity contribution in [3.05, 3.63) is 101 Å². The minimum Gasteiger partial charge on any atom is -0.410 e. The van der Waals surface area contributed by atoms with Crippen LogP contribution in [-0.2, 0) is 6.42 Å². The number of nitrogens with zero attached hydrogens (tertiary/aromatic N) is 3. The molecule has 39 heavy (non-hydrogen) atoms. The number of carbonyl (C=O) groups is 1. The summed E-state index contributed by atoms with van der Waals surface area (Å²) in [6.45, 7) is 5.47. The molecule has 1 N–H and O–H groups in total. The van der Waals surface area contributed by atoms with Crippen LogP contribution in [-0.4, -0.2) is 74.2 Å². The average Bonchev–Trinajstić information content (AvgIpc) is 2.94. The minimum atomic E-state index is -0.374. The monoisotopic (exact) mass is 534 g/mol. The summed E-state index contributed by atoms with van der Waals surface area (Å²) >= 11 is 0. The van der Waals surface area contributed by atoms with E-state index in [0.29, 0.717) is 5.75 Å². The molecule has 3 aromatic rings. The number of fused-ring (bicyclic) bond motifs is 1. The van der Waals surface area contributed by atoms with Gasteiger partial charge in [0, 0.05) is 52.9 Å². The fraction of sp³-hybridized carbons (Fsp3) is 0.387. The Morgan fingerprint density at radius 2 is 1.56 bits per heavy atom. The van der Waals surface area contributed by atoms with Crippen LogP contribution in [0.2, 0.25) is 0 Å². The van der Waals surface area contributed by atoms with Crippen LogP contribution in [0.1, 0.15) is 40.8 Å². The number of hydrogen-bond acceptors (Lipinski definition) is 5. The van der Waals surface area contributed by atoms with Crippen LogP contribution in [0.5, 0.6) is 5.75 Å². The molecule has 1 unspecified atom stereocenters. The third kappa shape index (κ3) is 6.64. The number of rotatable bonds is 7. The van der Waals surface area contributed by atoms with Gasteiger partial charge in [-0.05, 0) is 78.0 Å². The molecule has 1 atom stereocenters. The van der Waals surface area contributed by atoms with E-state index in [1.54, 1.807) is 14.1 Å². The molecule has 5 rings (SSSR count). The van der Waals surface area contributed by atoms with Crippen LogP contribution in [0.15, 0.2) is 66.7 Å². The van der Waals surface area contributed by atoms with E-state index in [1.807, 2.05) is 36.4 Å². The van der Waals surface area contributed by atoms with Gasteiger partial charge >= 0.3 is 6.09 Å². The lowest BCUT2D eigenvalue weighted by atomic mass is 9.92. The molecule has 0 aromatic heterocycles. The zero-order valence-corrected chi connectivity index (χ0v) is 22.6. The van der Waals surface area contributed by atoms with E-state index in [1.165, 1.54) is 40.3 Å². The van der Waals surface area contributed by atoms with E-state index >= 15 is 0 Å². The molecule has 1 amide bonds. The molecule has 1 fully saturated rings. The Bertz CT molecular complexity index is 1210. The summed E-state index contributed by atoms with van der Waals surface area (Å²) in [5.74, 6) is 0.0660. The third-order valence-electron chi connectivity index (χ3n) is 7.72. The average molecular weight is 535 g/mol. The summed E-state index contributed by atoms with van der Waals surface area (Å²) in [6.07, 6.45) is 1.52. The highest BCUT2D eigenvalue weighted by molar-refractivity contribution is 5.70. The Labute approximate surface area is 229 Å². The molecule has 0 radical (unpaired) electrons. The molecular formula is C31H36F2N4O2. The van der Waals surface area contributed by atoms with Crippen LogP contribution >= 0.6 is 0 Å². The first kappa shape index (κ1) is 27.2. The number of ether oxygens (including phenoxy) is 1. The topological polar surface area (TPSA) is 48.1 Å². The first-order chi connectivity index (χ1) is 18.9. The van der Waals surface area contributed by atoms with Gasteiger partial charge in [-0.2, -0.15) is 0 Å². The first-order valence-corrected chi connectivity index (χ1v) is 13.6. The lowest BCUT2D eigenvalue weighted by Crippen LogP contribution is -2.48. The van der Waals surface area contributed by atoms with Gasteiger partial charge in [0.1, 0.15) is 17.4 Å². The number of benzene rings is 3. The Hall–Kier alpha value is -3.33. The number of halogens is 2. The largest absolute Gasteiger partial charge is 0.414 e. The number of nitrogens with one attached hydrogen (secondary N) is 1. The molecule has 0 aliphatic carbocycles. The van der Waals surface area contributed by atoms with Gasteiger partial charge in [0.25, 0.3) is 0 Å². The van der Waals surface area contributed by atoms with Gasteiger partial charge in [-0.1, -0.05) is 30.3 Å².